The van der Waals surface area contributed by atoms with Crippen LogP contribution < -0.4 is 10.2 Å². The number of phenols is 1. The number of hydrogen-bond donors (Lipinski definition) is 3. The Hall–Kier alpha value is -2.24. The van der Waals surface area contributed by atoms with Crippen LogP contribution in [-0.4, -0.2) is 35.3 Å². The number of aliphatic hydroxyl groups excluding tert-OH is 1. The molecule has 0 atom stereocenters. The number of aromatic hydroxyl groups is 1. The molecule has 126 valence electrons. The quantitative estimate of drug-likeness (QED) is 0.797. The van der Waals surface area contributed by atoms with Crippen molar-refractivity contribution in [1.82, 2.24) is 0 Å². The predicted octanol–water partition coefficient (Wildman–Crippen LogP) is 3.26. The van der Waals surface area contributed by atoms with Crippen molar-refractivity contribution in [3.05, 3.63) is 53.1 Å². The maximum atomic E-state index is 12.5. The molecule has 0 aromatic heterocycles. The number of phenolic OH excluding ortho intramolecular Hbond substituents is 1. The minimum atomic E-state index is -0.290. The van der Waals surface area contributed by atoms with Gasteiger partial charge in [0.1, 0.15) is 5.75 Å². The molecule has 3 rings (SSSR count). The van der Waals surface area contributed by atoms with Gasteiger partial charge in [-0.1, -0.05) is 23.7 Å². The van der Waals surface area contributed by atoms with Gasteiger partial charge in [-0.25, -0.2) is 0 Å². The van der Waals surface area contributed by atoms with Gasteiger partial charge in [-0.3, -0.25) is 4.79 Å². The Labute approximate surface area is 145 Å². The Kier molecular flexibility index (Phi) is 4.92. The zero-order chi connectivity index (χ0) is 17.1. The van der Waals surface area contributed by atoms with Crippen LogP contribution in [0.15, 0.2) is 42.5 Å². The van der Waals surface area contributed by atoms with Gasteiger partial charge in [0, 0.05) is 18.7 Å². The lowest BCUT2D eigenvalue weighted by Crippen LogP contribution is -2.36. The summed E-state index contributed by atoms with van der Waals surface area (Å²) in [6.07, 6.45) is 1.19. The minimum absolute atomic E-state index is 0.0551. The zero-order valence-electron chi connectivity index (χ0n) is 13.1. The van der Waals surface area contributed by atoms with E-state index < -0.39 is 0 Å². The molecule has 1 amide bonds. The van der Waals surface area contributed by atoms with E-state index in [0.717, 1.165) is 31.6 Å². The second kappa shape index (κ2) is 7.11. The molecule has 0 radical (unpaired) electrons. The van der Waals surface area contributed by atoms with Crippen LogP contribution in [-0.2, 0) is 0 Å². The number of benzene rings is 2. The first-order chi connectivity index (χ1) is 11.5. The largest absolute Gasteiger partial charge is 0.506 e. The van der Waals surface area contributed by atoms with Crippen LogP contribution in [0, 0.1) is 0 Å². The van der Waals surface area contributed by atoms with Gasteiger partial charge in [0.15, 0.2) is 0 Å². The number of nitrogens with zero attached hydrogens (tertiary/aromatic N) is 1. The van der Waals surface area contributed by atoms with Gasteiger partial charge in [0.2, 0.25) is 0 Å². The number of amides is 1. The number of piperidine rings is 1. The SMILES string of the molecule is O=C(Nc1ccccc1N1CCC(O)CC1)c1ccc(O)c(Cl)c1. The summed E-state index contributed by atoms with van der Waals surface area (Å²) in [5, 5.41) is 22.2. The van der Waals surface area contributed by atoms with Crippen LogP contribution in [0.1, 0.15) is 23.2 Å². The highest BCUT2D eigenvalue weighted by Crippen LogP contribution is 2.29. The second-order valence-electron chi connectivity index (χ2n) is 5.86. The van der Waals surface area contributed by atoms with Gasteiger partial charge in [-0.2, -0.15) is 0 Å². The third-order valence-electron chi connectivity index (χ3n) is 4.17. The van der Waals surface area contributed by atoms with Crippen LogP contribution in [0.25, 0.3) is 0 Å². The summed E-state index contributed by atoms with van der Waals surface area (Å²) >= 11 is 5.87. The Morgan fingerprint density at radius 3 is 2.58 bits per heavy atom. The summed E-state index contributed by atoms with van der Waals surface area (Å²) in [4.78, 5) is 14.6. The molecule has 1 aliphatic heterocycles. The lowest BCUT2D eigenvalue weighted by molar-refractivity contribution is 0.102. The van der Waals surface area contributed by atoms with Crippen LogP contribution in [0.3, 0.4) is 0 Å². The summed E-state index contributed by atoms with van der Waals surface area (Å²) in [5.74, 6) is -0.345. The van der Waals surface area contributed by atoms with Gasteiger partial charge in [-0.15, -0.1) is 0 Å². The summed E-state index contributed by atoms with van der Waals surface area (Å²) in [6, 6.07) is 11.9. The Morgan fingerprint density at radius 2 is 1.88 bits per heavy atom. The molecule has 1 aliphatic rings. The van der Waals surface area contributed by atoms with Gasteiger partial charge >= 0.3 is 0 Å². The minimum Gasteiger partial charge on any atom is -0.506 e. The van der Waals surface area contributed by atoms with E-state index in [1.54, 1.807) is 0 Å². The number of carbonyl (C=O) groups excluding carboxylic acids is 1. The highest BCUT2D eigenvalue weighted by atomic mass is 35.5. The van der Waals surface area contributed by atoms with Gasteiger partial charge in [0.25, 0.3) is 5.91 Å². The van der Waals surface area contributed by atoms with Crippen molar-refractivity contribution in [3.8, 4) is 5.75 Å². The molecule has 6 heteroatoms. The van der Waals surface area contributed by atoms with Crippen LogP contribution in [0.5, 0.6) is 5.75 Å². The molecule has 5 nitrogen and oxygen atoms in total. The van der Waals surface area contributed by atoms with Crippen molar-refractivity contribution in [2.24, 2.45) is 0 Å². The van der Waals surface area contributed by atoms with E-state index in [0.29, 0.717) is 11.3 Å². The van der Waals surface area contributed by atoms with E-state index in [9.17, 15) is 15.0 Å². The molecule has 24 heavy (non-hydrogen) atoms. The summed E-state index contributed by atoms with van der Waals surface area (Å²) in [7, 11) is 0. The molecule has 2 aromatic rings. The molecule has 0 bridgehead atoms. The average Bonchev–Trinajstić information content (AvgIpc) is 2.58. The standard InChI is InChI=1S/C18H19ClN2O3/c19-14-11-12(5-6-17(14)23)18(24)20-15-3-1-2-4-16(15)21-9-7-13(22)8-10-21/h1-6,11,13,22-23H,7-10H2,(H,20,24). The van der Waals surface area contributed by atoms with E-state index in [1.165, 1.54) is 18.2 Å². The second-order valence-corrected chi connectivity index (χ2v) is 6.26. The van der Waals surface area contributed by atoms with E-state index in [1.807, 2.05) is 24.3 Å². The van der Waals surface area contributed by atoms with E-state index >= 15 is 0 Å². The molecule has 0 aliphatic carbocycles. The van der Waals surface area contributed by atoms with Crippen molar-refractivity contribution in [1.29, 1.82) is 0 Å². The molecule has 0 unspecified atom stereocenters. The number of anilines is 2. The third kappa shape index (κ3) is 3.63. The molecule has 0 spiro atoms. The third-order valence-corrected chi connectivity index (χ3v) is 4.47. The molecular formula is C18H19ClN2O3. The number of rotatable bonds is 3. The highest BCUT2D eigenvalue weighted by Gasteiger charge is 2.20. The van der Waals surface area contributed by atoms with E-state index in [-0.39, 0.29) is 22.8 Å². The smallest absolute Gasteiger partial charge is 0.255 e. The normalized spacial score (nSPS) is 15.3. The lowest BCUT2D eigenvalue weighted by atomic mass is 10.1. The molecular weight excluding hydrogens is 328 g/mol. The Bertz CT molecular complexity index is 743. The Morgan fingerprint density at radius 1 is 1.17 bits per heavy atom. The maximum absolute atomic E-state index is 12.5. The summed E-state index contributed by atoms with van der Waals surface area (Å²) in [5.41, 5.74) is 2.02. The van der Waals surface area contributed by atoms with Crippen LogP contribution in [0.4, 0.5) is 11.4 Å². The first-order valence-electron chi connectivity index (χ1n) is 7.86. The fourth-order valence-electron chi connectivity index (χ4n) is 2.80. The monoisotopic (exact) mass is 346 g/mol. The number of carbonyl (C=O) groups is 1. The van der Waals surface area contributed by atoms with Gasteiger partial charge < -0.3 is 20.4 Å². The number of nitrogens with one attached hydrogen (secondary N) is 1. The molecule has 3 N–H and O–H groups in total. The van der Waals surface area contributed by atoms with Crippen molar-refractivity contribution in [2.75, 3.05) is 23.3 Å². The fourth-order valence-corrected chi connectivity index (χ4v) is 2.99. The fraction of sp³-hybridized carbons (Fsp3) is 0.278. The number of aliphatic hydroxyl groups is 1. The summed E-state index contributed by atoms with van der Waals surface area (Å²) < 4.78 is 0. The summed E-state index contributed by atoms with van der Waals surface area (Å²) in [6.45, 7) is 1.50. The molecule has 0 saturated carbocycles. The van der Waals surface area contributed by atoms with Crippen molar-refractivity contribution >= 4 is 28.9 Å². The maximum Gasteiger partial charge on any atom is 0.255 e. The van der Waals surface area contributed by atoms with Gasteiger partial charge in [0.05, 0.1) is 22.5 Å². The van der Waals surface area contributed by atoms with Crippen molar-refractivity contribution in [3.63, 3.8) is 0 Å². The van der Waals surface area contributed by atoms with E-state index in [2.05, 4.69) is 10.2 Å². The molecule has 1 heterocycles. The average molecular weight is 347 g/mol. The van der Waals surface area contributed by atoms with Crippen molar-refractivity contribution < 1.29 is 15.0 Å². The molecule has 1 saturated heterocycles. The van der Waals surface area contributed by atoms with Crippen molar-refractivity contribution in [2.45, 2.75) is 18.9 Å². The van der Waals surface area contributed by atoms with Crippen LogP contribution in [0.2, 0.25) is 5.02 Å². The topological polar surface area (TPSA) is 72.8 Å². The van der Waals surface area contributed by atoms with Crippen LogP contribution >= 0.6 is 11.6 Å². The van der Waals surface area contributed by atoms with Gasteiger partial charge in [-0.05, 0) is 43.2 Å². The number of hydrogen-bond acceptors (Lipinski definition) is 4. The first kappa shape index (κ1) is 16.6. The molecule has 1 fully saturated rings. The predicted molar refractivity (Wildman–Crippen MR) is 95.0 cm³/mol. The first-order valence-corrected chi connectivity index (χ1v) is 8.24. The molecule has 2 aromatic carbocycles. The number of halogens is 1. The zero-order valence-corrected chi connectivity index (χ0v) is 13.8. The Balaban J connectivity index is 1.80. The lowest BCUT2D eigenvalue weighted by Gasteiger charge is -2.32. The highest BCUT2D eigenvalue weighted by molar-refractivity contribution is 6.32. The van der Waals surface area contributed by atoms with E-state index in [4.69, 9.17) is 11.6 Å². The number of para-hydroxylation sites is 2.